The van der Waals surface area contributed by atoms with E-state index in [-0.39, 0.29) is 5.60 Å². The van der Waals surface area contributed by atoms with Crippen LogP contribution in [0.5, 0.6) is 5.75 Å². The highest BCUT2D eigenvalue weighted by Gasteiger charge is 2.34. The summed E-state index contributed by atoms with van der Waals surface area (Å²) >= 11 is 0. The van der Waals surface area contributed by atoms with Crippen LogP contribution in [0.3, 0.4) is 0 Å². The van der Waals surface area contributed by atoms with E-state index in [1.807, 2.05) is 0 Å². The lowest BCUT2D eigenvalue weighted by Crippen LogP contribution is -2.39. The van der Waals surface area contributed by atoms with Crippen LogP contribution in [0.4, 0.5) is 0 Å². The fraction of sp³-hybridized carbons (Fsp3) is 0.429. The zero-order valence-corrected chi connectivity index (χ0v) is 14.9. The van der Waals surface area contributed by atoms with Gasteiger partial charge >= 0.3 is 0 Å². The Morgan fingerprint density at radius 3 is 2.43 bits per heavy atom. The number of rotatable bonds is 3. The number of fused-ring (bicyclic) bond motifs is 1. The largest absolute Gasteiger partial charge is 0.487 e. The van der Waals surface area contributed by atoms with Gasteiger partial charge in [0.05, 0.1) is 0 Å². The van der Waals surface area contributed by atoms with Crippen molar-refractivity contribution < 1.29 is 4.74 Å². The van der Waals surface area contributed by atoms with Crippen LogP contribution < -0.4 is 10.1 Å². The molecule has 2 aromatic rings. The summed E-state index contributed by atoms with van der Waals surface area (Å²) in [7, 11) is 0. The molecule has 1 N–H and O–H groups in total. The molecule has 1 atom stereocenters. The second kappa shape index (κ2) is 6.01. The lowest BCUT2D eigenvalue weighted by atomic mass is 9.87. The molecule has 1 aliphatic heterocycles. The number of hydrogen-bond acceptors (Lipinski definition) is 2. The highest BCUT2D eigenvalue weighted by atomic mass is 16.5. The van der Waals surface area contributed by atoms with Gasteiger partial charge in [0, 0.05) is 24.6 Å². The monoisotopic (exact) mass is 309 g/mol. The van der Waals surface area contributed by atoms with E-state index in [2.05, 4.69) is 76.3 Å². The Morgan fingerprint density at radius 2 is 1.74 bits per heavy atom. The predicted molar refractivity (Wildman–Crippen MR) is 96.0 cm³/mol. The van der Waals surface area contributed by atoms with Gasteiger partial charge < -0.3 is 10.1 Å². The summed E-state index contributed by atoms with van der Waals surface area (Å²) in [6.07, 6.45) is 0.981. The maximum Gasteiger partial charge on any atom is 0.127 e. The third-order valence-corrected chi connectivity index (χ3v) is 4.57. The van der Waals surface area contributed by atoms with E-state index in [0.717, 1.165) is 18.7 Å². The molecule has 0 bridgehead atoms. The van der Waals surface area contributed by atoms with Gasteiger partial charge in [-0.05, 0) is 45.7 Å². The van der Waals surface area contributed by atoms with Gasteiger partial charge in [-0.2, -0.15) is 0 Å². The zero-order valence-electron chi connectivity index (χ0n) is 14.9. The van der Waals surface area contributed by atoms with Gasteiger partial charge in [0.15, 0.2) is 0 Å². The second-order valence-electron chi connectivity index (χ2n) is 7.49. The van der Waals surface area contributed by atoms with Crippen LogP contribution in [0.1, 0.15) is 54.1 Å². The molecule has 2 aromatic carbocycles. The second-order valence-corrected chi connectivity index (χ2v) is 7.49. The Labute approximate surface area is 139 Å². The zero-order chi connectivity index (χ0) is 16.6. The summed E-state index contributed by atoms with van der Waals surface area (Å²) in [4.78, 5) is 0. The molecular formula is C21H27NO. The molecule has 3 rings (SSSR count). The Hall–Kier alpha value is -1.80. The van der Waals surface area contributed by atoms with E-state index in [1.165, 1.54) is 27.8 Å². The van der Waals surface area contributed by atoms with Gasteiger partial charge in [-0.1, -0.05) is 47.5 Å². The first-order chi connectivity index (χ1) is 10.8. The predicted octanol–water partition coefficient (Wildman–Crippen LogP) is 5.00. The molecule has 0 saturated heterocycles. The van der Waals surface area contributed by atoms with Crippen molar-refractivity contribution in [1.82, 2.24) is 5.32 Å². The summed E-state index contributed by atoms with van der Waals surface area (Å²) < 4.78 is 6.26. The van der Waals surface area contributed by atoms with E-state index >= 15 is 0 Å². The maximum absolute atomic E-state index is 6.26. The fourth-order valence-electron chi connectivity index (χ4n) is 3.43. The van der Waals surface area contributed by atoms with Crippen molar-refractivity contribution in [3.63, 3.8) is 0 Å². The standard InChI is InChI=1S/C21H27NO/c1-14-6-8-17(9-7-14)13-22-19-12-21(4,5)23-20-16(3)10-15(2)11-18(19)20/h6-11,19,22H,12-13H2,1-5H3. The number of aryl methyl sites for hydroxylation is 3. The van der Waals surface area contributed by atoms with Gasteiger partial charge in [-0.15, -0.1) is 0 Å². The third-order valence-electron chi connectivity index (χ3n) is 4.57. The SMILES string of the molecule is Cc1ccc(CNC2CC(C)(C)Oc3c(C)cc(C)cc32)cc1. The highest BCUT2D eigenvalue weighted by Crippen LogP contribution is 2.42. The van der Waals surface area contributed by atoms with Crippen molar-refractivity contribution in [2.24, 2.45) is 0 Å². The molecule has 0 radical (unpaired) electrons. The quantitative estimate of drug-likeness (QED) is 0.861. The van der Waals surface area contributed by atoms with Gasteiger partial charge in [-0.25, -0.2) is 0 Å². The first kappa shape index (κ1) is 16.1. The van der Waals surface area contributed by atoms with Crippen LogP contribution in [0, 0.1) is 20.8 Å². The van der Waals surface area contributed by atoms with Crippen LogP contribution in [-0.4, -0.2) is 5.60 Å². The van der Waals surface area contributed by atoms with E-state index in [0.29, 0.717) is 6.04 Å². The van der Waals surface area contributed by atoms with E-state index < -0.39 is 0 Å². The average Bonchev–Trinajstić information content (AvgIpc) is 2.47. The fourth-order valence-corrected chi connectivity index (χ4v) is 3.43. The Balaban J connectivity index is 1.86. The number of benzene rings is 2. The van der Waals surface area contributed by atoms with Crippen molar-refractivity contribution >= 4 is 0 Å². The van der Waals surface area contributed by atoms with E-state index in [1.54, 1.807) is 0 Å². The van der Waals surface area contributed by atoms with Crippen molar-refractivity contribution in [1.29, 1.82) is 0 Å². The van der Waals surface area contributed by atoms with Crippen LogP contribution in [0.15, 0.2) is 36.4 Å². The van der Waals surface area contributed by atoms with E-state index in [4.69, 9.17) is 4.74 Å². The minimum atomic E-state index is -0.141. The van der Waals surface area contributed by atoms with Crippen LogP contribution in [0.25, 0.3) is 0 Å². The summed E-state index contributed by atoms with van der Waals surface area (Å²) in [5.41, 5.74) is 6.32. The third kappa shape index (κ3) is 3.59. The lowest BCUT2D eigenvalue weighted by molar-refractivity contribution is 0.0647. The smallest absolute Gasteiger partial charge is 0.127 e. The van der Waals surface area contributed by atoms with Gasteiger partial charge in [-0.3, -0.25) is 0 Å². The molecule has 2 nitrogen and oxygen atoms in total. The molecule has 2 heteroatoms. The molecular weight excluding hydrogens is 282 g/mol. The van der Waals surface area contributed by atoms with Crippen LogP contribution >= 0.6 is 0 Å². The van der Waals surface area contributed by atoms with Gasteiger partial charge in [0.1, 0.15) is 11.4 Å². The Bertz CT molecular complexity index is 701. The van der Waals surface area contributed by atoms with Crippen molar-refractivity contribution in [3.05, 3.63) is 64.2 Å². The van der Waals surface area contributed by atoms with Crippen molar-refractivity contribution in [2.75, 3.05) is 0 Å². The Kier molecular flexibility index (Phi) is 4.20. The van der Waals surface area contributed by atoms with Crippen LogP contribution in [-0.2, 0) is 6.54 Å². The molecule has 1 aliphatic rings. The summed E-state index contributed by atoms with van der Waals surface area (Å²) in [5.74, 6) is 1.06. The first-order valence-corrected chi connectivity index (χ1v) is 8.43. The minimum Gasteiger partial charge on any atom is -0.487 e. The maximum atomic E-state index is 6.26. The van der Waals surface area contributed by atoms with Crippen LogP contribution in [0.2, 0.25) is 0 Å². The summed E-state index contributed by atoms with van der Waals surface area (Å²) in [6, 6.07) is 13.6. The number of nitrogens with one attached hydrogen (secondary N) is 1. The molecule has 0 spiro atoms. The number of ether oxygens (including phenoxy) is 1. The van der Waals surface area contributed by atoms with Gasteiger partial charge in [0.2, 0.25) is 0 Å². The summed E-state index contributed by atoms with van der Waals surface area (Å²) in [5, 5.41) is 3.74. The van der Waals surface area contributed by atoms with Crippen molar-refractivity contribution in [2.45, 2.75) is 59.2 Å². The first-order valence-electron chi connectivity index (χ1n) is 8.43. The normalized spacial score (nSPS) is 19.1. The minimum absolute atomic E-state index is 0.141. The molecule has 23 heavy (non-hydrogen) atoms. The lowest BCUT2D eigenvalue weighted by Gasteiger charge is -2.39. The molecule has 1 unspecified atom stereocenters. The molecule has 0 amide bonds. The molecule has 0 saturated carbocycles. The molecule has 0 fully saturated rings. The number of hydrogen-bond donors (Lipinski definition) is 1. The topological polar surface area (TPSA) is 21.3 Å². The molecule has 0 aliphatic carbocycles. The summed E-state index contributed by atoms with van der Waals surface area (Å²) in [6.45, 7) is 11.7. The molecule has 0 aromatic heterocycles. The molecule has 1 heterocycles. The Morgan fingerprint density at radius 1 is 1.04 bits per heavy atom. The molecule has 122 valence electrons. The van der Waals surface area contributed by atoms with Crippen molar-refractivity contribution in [3.8, 4) is 5.75 Å². The highest BCUT2D eigenvalue weighted by molar-refractivity contribution is 5.47. The van der Waals surface area contributed by atoms with E-state index in [9.17, 15) is 0 Å². The van der Waals surface area contributed by atoms with Gasteiger partial charge in [0.25, 0.3) is 0 Å². The average molecular weight is 309 g/mol.